The summed E-state index contributed by atoms with van der Waals surface area (Å²) in [6.45, 7) is 0. The molecule has 6 heteroatoms. The zero-order chi connectivity index (χ0) is 16.7. The van der Waals surface area contributed by atoms with Crippen LogP contribution >= 0.6 is 34.5 Å². The second kappa shape index (κ2) is 6.06. The normalized spacial score (nSPS) is 12.2. The van der Waals surface area contributed by atoms with E-state index in [4.69, 9.17) is 23.2 Å². The first-order valence-electron chi connectivity index (χ1n) is 7.17. The molecule has 0 atom stereocenters. The van der Waals surface area contributed by atoms with Crippen molar-refractivity contribution in [3.8, 4) is 0 Å². The Morgan fingerprint density at radius 1 is 1.08 bits per heavy atom. The van der Waals surface area contributed by atoms with Crippen molar-refractivity contribution < 1.29 is 0 Å². The molecule has 4 rings (SSSR count). The van der Waals surface area contributed by atoms with E-state index in [1.54, 1.807) is 35.6 Å². The first-order chi connectivity index (χ1) is 11.6. The van der Waals surface area contributed by atoms with Crippen LogP contribution < -0.4 is 5.56 Å². The van der Waals surface area contributed by atoms with Crippen LogP contribution in [-0.4, -0.2) is 9.97 Å². The Hall–Kier alpha value is -2.14. The number of benzene rings is 2. The van der Waals surface area contributed by atoms with Gasteiger partial charge in [-0.2, -0.15) is 0 Å². The number of aromatic amines is 1. The summed E-state index contributed by atoms with van der Waals surface area (Å²) in [5.41, 5.74) is 0.384. The summed E-state index contributed by atoms with van der Waals surface area (Å²) in [6, 6.07) is 15.0. The number of halogens is 2. The van der Waals surface area contributed by atoms with Gasteiger partial charge >= 0.3 is 0 Å². The molecule has 2 heterocycles. The Labute approximate surface area is 151 Å². The fourth-order valence-electron chi connectivity index (χ4n) is 2.51. The molecule has 0 aliphatic carbocycles. The number of hydrogen-bond acceptors (Lipinski definition) is 3. The van der Waals surface area contributed by atoms with Crippen molar-refractivity contribution in [2.75, 3.05) is 0 Å². The SMILES string of the molecule is O=c1[nH]c(/C(Cl)=C\c2sc3ccccc3c2Cl)nc2ccccc12. The number of H-pyrrole nitrogens is 1. The topological polar surface area (TPSA) is 45.8 Å². The first-order valence-corrected chi connectivity index (χ1v) is 8.74. The van der Waals surface area contributed by atoms with Crippen LogP contribution in [-0.2, 0) is 0 Å². The molecule has 1 N–H and O–H groups in total. The van der Waals surface area contributed by atoms with Crippen molar-refractivity contribution in [1.29, 1.82) is 0 Å². The number of fused-ring (bicyclic) bond motifs is 2. The van der Waals surface area contributed by atoms with E-state index in [2.05, 4.69) is 9.97 Å². The second-order valence-electron chi connectivity index (χ2n) is 5.20. The van der Waals surface area contributed by atoms with Crippen molar-refractivity contribution in [3.05, 3.63) is 74.6 Å². The van der Waals surface area contributed by atoms with Gasteiger partial charge in [-0.3, -0.25) is 4.79 Å². The van der Waals surface area contributed by atoms with Gasteiger partial charge < -0.3 is 4.98 Å². The summed E-state index contributed by atoms with van der Waals surface area (Å²) in [5.74, 6) is 0.328. The summed E-state index contributed by atoms with van der Waals surface area (Å²) in [4.78, 5) is 20.1. The van der Waals surface area contributed by atoms with Crippen molar-refractivity contribution in [3.63, 3.8) is 0 Å². The van der Waals surface area contributed by atoms with Crippen LogP contribution in [0, 0.1) is 0 Å². The van der Waals surface area contributed by atoms with Crippen LogP contribution in [0.15, 0.2) is 53.3 Å². The van der Waals surface area contributed by atoms with Gasteiger partial charge in [0, 0.05) is 15.0 Å². The molecule has 24 heavy (non-hydrogen) atoms. The fourth-order valence-corrected chi connectivity index (χ4v) is 4.20. The van der Waals surface area contributed by atoms with E-state index < -0.39 is 0 Å². The highest BCUT2D eigenvalue weighted by molar-refractivity contribution is 7.20. The van der Waals surface area contributed by atoms with Crippen molar-refractivity contribution >= 4 is 66.6 Å². The Kier molecular flexibility index (Phi) is 3.88. The number of nitrogens with zero attached hydrogens (tertiary/aromatic N) is 1. The zero-order valence-electron chi connectivity index (χ0n) is 12.2. The monoisotopic (exact) mass is 372 g/mol. The molecule has 118 valence electrons. The minimum absolute atomic E-state index is 0.218. The maximum absolute atomic E-state index is 12.2. The van der Waals surface area contributed by atoms with Gasteiger partial charge in [0.25, 0.3) is 5.56 Å². The van der Waals surface area contributed by atoms with E-state index in [1.165, 1.54) is 0 Å². The van der Waals surface area contributed by atoms with Crippen molar-refractivity contribution in [1.82, 2.24) is 9.97 Å². The van der Waals surface area contributed by atoms with Crippen LogP contribution in [0.2, 0.25) is 5.02 Å². The van der Waals surface area contributed by atoms with E-state index in [0.29, 0.717) is 26.8 Å². The average Bonchev–Trinajstić information content (AvgIpc) is 2.91. The largest absolute Gasteiger partial charge is 0.305 e. The summed E-state index contributed by atoms with van der Waals surface area (Å²) in [6.07, 6.45) is 1.74. The van der Waals surface area contributed by atoms with Gasteiger partial charge in [-0.05, 0) is 24.3 Å². The van der Waals surface area contributed by atoms with E-state index in [0.717, 1.165) is 15.0 Å². The van der Waals surface area contributed by atoms with E-state index in [-0.39, 0.29) is 5.56 Å². The van der Waals surface area contributed by atoms with Crippen LogP contribution in [0.5, 0.6) is 0 Å². The molecule has 0 saturated carbocycles. The molecule has 0 aliphatic rings. The highest BCUT2D eigenvalue weighted by atomic mass is 35.5. The molecular weight excluding hydrogens is 363 g/mol. The lowest BCUT2D eigenvalue weighted by atomic mass is 10.2. The lowest BCUT2D eigenvalue weighted by molar-refractivity contribution is 1.14. The minimum atomic E-state index is -0.218. The Morgan fingerprint density at radius 3 is 2.58 bits per heavy atom. The summed E-state index contributed by atoms with van der Waals surface area (Å²) in [7, 11) is 0. The minimum Gasteiger partial charge on any atom is -0.305 e. The Morgan fingerprint density at radius 2 is 1.79 bits per heavy atom. The number of para-hydroxylation sites is 1. The second-order valence-corrected chi connectivity index (χ2v) is 7.07. The molecule has 0 bridgehead atoms. The molecule has 0 fully saturated rings. The van der Waals surface area contributed by atoms with Gasteiger partial charge in [-0.1, -0.05) is 53.5 Å². The molecule has 0 unspecified atom stereocenters. The van der Waals surface area contributed by atoms with Gasteiger partial charge in [0.1, 0.15) is 0 Å². The van der Waals surface area contributed by atoms with Crippen LogP contribution in [0.3, 0.4) is 0 Å². The zero-order valence-corrected chi connectivity index (χ0v) is 14.5. The molecule has 0 amide bonds. The van der Waals surface area contributed by atoms with E-state index in [1.807, 2.05) is 30.3 Å². The number of nitrogens with one attached hydrogen (secondary N) is 1. The van der Waals surface area contributed by atoms with Crippen molar-refractivity contribution in [2.24, 2.45) is 0 Å². The standard InChI is InChI=1S/C18H10Cl2N2OS/c19-12(9-15-16(20)11-6-2-4-8-14(11)24-15)17-21-13-7-3-1-5-10(13)18(23)22-17/h1-9H,(H,21,22,23)/b12-9+. The molecule has 2 aromatic carbocycles. The molecule has 0 spiro atoms. The summed E-state index contributed by atoms with van der Waals surface area (Å²) < 4.78 is 1.08. The van der Waals surface area contributed by atoms with Gasteiger partial charge in [-0.15, -0.1) is 11.3 Å². The smallest absolute Gasteiger partial charge is 0.259 e. The number of aromatic nitrogens is 2. The lowest BCUT2D eigenvalue weighted by Crippen LogP contribution is -2.10. The summed E-state index contributed by atoms with van der Waals surface area (Å²) >= 11 is 14.4. The molecule has 2 aromatic heterocycles. The highest BCUT2D eigenvalue weighted by Gasteiger charge is 2.11. The molecule has 0 aliphatic heterocycles. The Balaban J connectivity index is 1.85. The number of hydrogen-bond donors (Lipinski definition) is 1. The van der Waals surface area contributed by atoms with E-state index >= 15 is 0 Å². The third kappa shape index (κ3) is 2.63. The van der Waals surface area contributed by atoms with Crippen LogP contribution in [0.1, 0.15) is 10.7 Å². The predicted octanol–water partition coefficient (Wildman–Crippen LogP) is 5.53. The molecule has 3 nitrogen and oxygen atoms in total. The fraction of sp³-hybridized carbons (Fsp3) is 0. The van der Waals surface area contributed by atoms with Gasteiger partial charge in [0.15, 0.2) is 5.82 Å². The van der Waals surface area contributed by atoms with Crippen LogP contribution in [0.4, 0.5) is 0 Å². The molecular formula is C18H10Cl2N2OS. The highest BCUT2D eigenvalue weighted by Crippen LogP contribution is 2.37. The van der Waals surface area contributed by atoms with Gasteiger partial charge in [-0.25, -0.2) is 4.98 Å². The average molecular weight is 373 g/mol. The summed E-state index contributed by atoms with van der Waals surface area (Å²) in [5, 5.41) is 2.51. The first kappa shape index (κ1) is 15.4. The maximum atomic E-state index is 12.2. The number of thiophene rings is 1. The third-order valence-electron chi connectivity index (χ3n) is 3.66. The quantitative estimate of drug-likeness (QED) is 0.502. The third-order valence-corrected chi connectivity index (χ3v) is 5.58. The molecule has 0 saturated heterocycles. The van der Waals surface area contributed by atoms with Crippen LogP contribution in [0.25, 0.3) is 32.1 Å². The Bertz CT molecular complexity index is 1160. The maximum Gasteiger partial charge on any atom is 0.259 e. The van der Waals surface area contributed by atoms with Gasteiger partial charge in [0.2, 0.25) is 0 Å². The van der Waals surface area contributed by atoms with Gasteiger partial charge in [0.05, 0.1) is 21.0 Å². The van der Waals surface area contributed by atoms with E-state index in [9.17, 15) is 4.79 Å². The predicted molar refractivity (Wildman–Crippen MR) is 103 cm³/mol. The lowest BCUT2D eigenvalue weighted by Gasteiger charge is -2.01. The molecule has 0 radical (unpaired) electrons. The number of rotatable bonds is 2. The van der Waals surface area contributed by atoms with Crippen molar-refractivity contribution in [2.45, 2.75) is 0 Å². The molecule has 4 aromatic rings.